The van der Waals surface area contributed by atoms with Gasteiger partial charge in [-0.15, -0.1) is 0 Å². The van der Waals surface area contributed by atoms with Crippen molar-refractivity contribution >= 4 is 22.7 Å². The zero-order chi connectivity index (χ0) is 24.8. The van der Waals surface area contributed by atoms with Gasteiger partial charge in [0.25, 0.3) is 5.56 Å². The Morgan fingerprint density at radius 2 is 1.97 bits per heavy atom. The zero-order valence-corrected chi connectivity index (χ0v) is 20.4. The van der Waals surface area contributed by atoms with Crippen molar-refractivity contribution < 1.29 is 0 Å². The van der Waals surface area contributed by atoms with Gasteiger partial charge in [0.05, 0.1) is 28.9 Å². The lowest BCUT2D eigenvalue weighted by atomic mass is 9.88. The minimum absolute atomic E-state index is 0.0848. The van der Waals surface area contributed by atoms with Gasteiger partial charge in [-0.05, 0) is 73.9 Å². The minimum atomic E-state index is -0.508. The van der Waals surface area contributed by atoms with E-state index in [9.17, 15) is 10.1 Å². The molecule has 37 heavy (non-hydrogen) atoms. The highest BCUT2D eigenvalue weighted by Gasteiger charge is 2.47. The smallest absolute Gasteiger partial charge is 0.278 e. The van der Waals surface area contributed by atoms with Crippen molar-refractivity contribution in [1.82, 2.24) is 29.6 Å². The number of fused-ring (bicyclic) bond motifs is 3. The van der Waals surface area contributed by atoms with Crippen LogP contribution in [0.15, 0.2) is 47.5 Å². The number of pyridine rings is 1. The fourth-order valence-corrected chi connectivity index (χ4v) is 5.91. The Morgan fingerprint density at radius 3 is 2.73 bits per heavy atom. The standard InChI is InChI=1S/C28H26N8O/c29-15-27(6-7-27)23-12-20(5-10-31-23)35-24-21(25(37)36(35)19-2-3-19)14-32-26(34-24)33-18-1-4-22-17(11-18)13-30-16-28(22)8-9-28/h1,4-5,10-12,14,19,30H,2-3,6-9,13,16H2,(H,32,33,34). The maximum absolute atomic E-state index is 13.4. The van der Waals surface area contributed by atoms with Gasteiger partial charge in [-0.2, -0.15) is 10.2 Å². The number of hydrogen-bond acceptors (Lipinski definition) is 7. The molecule has 184 valence electrons. The SMILES string of the molecule is N#CC1(c2cc(-n3c4nc(Nc5ccc6c(c5)CNCC65CC5)ncc4c(=O)n3C3CC3)ccn2)CC1. The van der Waals surface area contributed by atoms with Gasteiger partial charge < -0.3 is 10.6 Å². The fraction of sp³-hybridized carbons (Fsp3) is 0.393. The number of rotatable bonds is 5. The summed E-state index contributed by atoms with van der Waals surface area (Å²) in [4.78, 5) is 27.3. The molecule has 0 bridgehead atoms. The summed E-state index contributed by atoms with van der Waals surface area (Å²) in [7, 11) is 0. The van der Waals surface area contributed by atoms with Crippen LogP contribution in [0, 0.1) is 11.3 Å². The number of nitrogens with zero attached hydrogens (tertiary/aromatic N) is 6. The van der Waals surface area contributed by atoms with Gasteiger partial charge in [-0.1, -0.05) is 6.07 Å². The van der Waals surface area contributed by atoms with E-state index < -0.39 is 5.41 Å². The van der Waals surface area contributed by atoms with Crippen molar-refractivity contribution in [2.45, 2.75) is 61.9 Å². The van der Waals surface area contributed by atoms with Crippen molar-refractivity contribution in [3.63, 3.8) is 0 Å². The van der Waals surface area contributed by atoms with Gasteiger partial charge in [-0.3, -0.25) is 9.78 Å². The molecular weight excluding hydrogens is 464 g/mol. The van der Waals surface area contributed by atoms with E-state index in [0.29, 0.717) is 22.4 Å². The molecule has 9 nitrogen and oxygen atoms in total. The van der Waals surface area contributed by atoms with Crippen LogP contribution in [0.2, 0.25) is 0 Å². The van der Waals surface area contributed by atoms with Crippen LogP contribution < -0.4 is 16.2 Å². The van der Waals surface area contributed by atoms with Gasteiger partial charge in [0.2, 0.25) is 5.95 Å². The van der Waals surface area contributed by atoms with E-state index >= 15 is 0 Å². The second-order valence-electron chi connectivity index (χ2n) is 11.1. The first kappa shape index (κ1) is 21.1. The third-order valence-electron chi connectivity index (χ3n) is 8.52. The molecule has 0 saturated heterocycles. The van der Waals surface area contributed by atoms with E-state index in [1.807, 2.05) is 16.8 Å². The summed E-state index contributed by atoms with van der Waals surface area (Å²) in [5, 5.41) is 17.1. The molecule has 3 fully saturated rings. The number of aromatic nitrogens is 5. The van der Waals surface area contributed by atoms with Gasteiger partial charge in [0.15, 0.2) is 5.65 Å². The van der Waals surface area contributed by atoms with Crippen molar-refractivity contribution in [3.8, 4) is 11.8 Å². The predicted molar refractivity (Wildman–Crippen MR) is 138 cm³/mol. The maximum Gasteiger partial charge on any atom is 0.278 e. The molecule has 3 aromatic heterocycles. The Bertz CT molecular complexity index is 1700. The highest BCUT2D eigenvalue weighted by molar-refractivity contribution is 5.77. The number of anilines is 2. The Kier molecular flexibility index (Phi) is 4.14. The van der Waals surface area contributed by atoms with Crippen LogP contribution in [-0.4, -0.2) is 30.9 Å². The van der Waals surface area contributed by atoms with Crippen LogP contribution in [0.1, 0.15) is 61.4 Å². The second-order valence-corrected chi connectivity index (χ2v) is 11.1. The van der Waals surface area contributed by atoms with Gasteiger partial charge >= 0.3 is 0 Å². The van der Waals surface area contributed by atoms with E-state index in [0.717, 1.165) is 55.8 Å². The van der Waals surface area contributed by atoms with Crippen LogP contribution in [0.3, 0.4) is 0 Å². The predicted octanol–water partition coefficient (Wildman–Crippen LogP) is 3.75. The molecule has 0 radical (unpaired) electrons. The zero-order valence-electron chi connectivity index (χ0n) is 20.4. The van der Waals surface area contributed by atoms with E-state index in [2.05, 4.69) is 44.9 Å². The number of nitrogens with one attached hydrogen (secondary N) is 2. The molecule has 4 aliphatic rings. The van der Waals surface area contributed by atoms with Crippen LogP contribution in [0.5, 0.6) is 0 Å². The van der Waals surface area contributed by atoms with Crippen LogP contribution in [-0.2, 0) is 17.4 Å². The molecule has 8 rings (SSSR count). The number of nitriles is 1. The normalized spacial score (nSPS) is 20.4. The minimum Gasteiger partial charge on any atom is -0.324 e. The first-order valence-electron chi connectivity index (χ1n) is 13.1. The molecular formula is C28H26N8O. The summed E-state index contributed by atoms with van der Waals surface area (Å²) in [6.45, 7) is 1.93. The monoisotopic (exact) mass is 490 g/mol. The average Bonchev–Trinajstić information content (AvgIpc) is 3.80. The topological polar surface area (TPSA) is 113 Å². The molecule has 2 N–H and O–H groups in total. The third-order valence-corrected chi connectivity index (χ3v) is 8.52. The molecule has 0 atom stereocenters. The third kappa shape index (κ3) is 3.18. The van der Waals surface area contributed by atoms with Crippen molar-refractivity contribution in [2.24, 2.45) is 0 Å². The lowest BCUT2D eigenvalue weighted by molar-refractivity contribution is 0.531. The molecule has 4 aromatic rings. The molecule has 4 heterocycles. The Labute approximate surface area is 213 Å². The molecule has 3 saturated carbocycles. The van der Waals surface area contributed by atoms with Crippen molar-refractivity contribution in [1.29, 1.82) is 5.26 Å². The molecule has 9 heteroatoms. The lowest BCUT2D eigenvalue weighted by Crippen LogP contribution is -2.33. The first-order valence-corrected chi connectivity index (χ1v) is 13.1. The second kappa shape index (κ2) is 7.26. The molecule has 3 aliphatic carbocycles. The van der Waals surface area contributed by atoms with Crippen LogP contribution in [0.25, 0.3) is 16.7 Å². The average molecular weight is 491 g/mol. The lowest BCUT2D eigenvalue weighted by Gasteiger charge is -2.26. The van der Waals surface area contributed by atoms with E-state index in [-0.39, 0.29) is 11.6 Å². The molecule has 0 amide bonds. The first-order chi connectivity index (χ1) is 18.1. The van der Waals surface area contributed by atoms with Crippen LogP contribution in [0.4, 0.5) is 11.6 Å². The Morgan fingerprint density at radius 1 is 1.11 bits per heavy atom. The van der Waals surface area contributed by atoms with Gasteiger partial charge in [-0.25, -0.2) is 14.3 Å². The van der Waals surface area contributed by atoms with E-state index in [4.69, 9.17) is 4.98 Å². The summed E-state index contributed by atoms with van der Waals surface area (Å²) in [5.41, 5.74) is 5.57. The van der Waals surface area contributed by atoms with Crippen molar-refractivity contribution in [3.05, 3.63) is 69.9 Å². The van der Waals surface area contributed by atoms with E-state index in [1.54, 1.807) is 17.1 Å². The molecule has 0 unspecified atom stereocenters. The van der Waals surface area contributed by atoms with Gasteiger partial charge in [0.1, 0.15) is 5.39 Å². The van der Waals surface area contributed by atoms with Crippen molar-refractivity contribution in [2.75, 3.05) is 11.9 Å². The van der Waals surface area contributed by atoms with Crippen LogP contribution >= 0.6 is 0 Å². The highest BCUT2D eigenvalue weighted by atomic mass is 16.1. The molecule has 1 aromatic carbocycles. The molecule has 1 aliphatic heterocycles. The summed E-state index contributed by atoms with van der Waals surface area (Å²) in [6, 6.07) is 12.9. The quantitative estimate of drug-likeness (QED) is 0.438. The highest BCUT2D eigenvalue weighted by Crippen LogP contribution is 2.51. The summed E-state index contributed by atoms with van der Waals surface area (Å²) in [6.07, 6.45) is 9.40. The Hall–Kier alpha value is -4.03. The summed E-state index contributed by atoms with van der Waals surface area (Å²) < 4.78 is 3.70. The maximum atomic E-state index is 13.4. The fourth-order valence-electron chi connectivity index (χ4n) is 5.91. The molecule has 1 spiro atoms. The summed E-state index contributed by atoms with van der Waals surface area (Å²) >= 11 is 0. The largest absolute Gasteiger partial charge is 0.324 e. The van der Waals surface area contributed by atoms with E-state index in [1.165, 1.54) is 24.0 Å². The number of benzene rings is 1. The summed E-state index contributed by atoms with van der Waals surface area (Å²) in [5.74, 6) is 0.448. The Balaban J connectivity index is 1.22. The van der Waals surface area contributed by atoms with Gasteiger partial charge in [0, 0.05) is 36.6 Å². The number of hydrogen-bond donors (Lipinski definition) is 2.